The number of likely N-dealkylation sites (tertiary alicyclic amines) is 1. The summed E-state index contributed by atoms with van der Waals surface area (Å²) in [5.74, 6) is 0.301. The summed E-state index contributed by atoms with van der Waals surface area (Å²) < 4.78 is 2.57. The number of fused-ring (bicyclic) bond motifs is 1. The van der Waals surface area contributed by atoms with Crippen LogP contribution in [0.5, 0.6) is 0 Å². The zero-order valence-corrected chi connectivity index (χ0v) is 14.9. The normalized spacial score (nSPS) is 17.8. The van der Waals surface area contributed by atoms with Gasteiger partial charge in [-0.3, -0.25) is 23.8 Å². The van der Waals surface area contributed by atoms with Gasteiger partial charge in [-0.25, -0.2) is 9.78 Å². The third-order valence-electron chi connectivity index (χ3n) is 5.14. The number of nitrogens with zero attached hydrogens (tertiary/aromatic N) is 5. The Morgan fingerprint density at radius 3 is 2.77 bits per heavy atom. The maximum Gasteiger partial charge on any atom is 0.332 e. The molecule has 0 aliphatic carbocycles. The van der Waals surface area contributed by atoms with E-state index < -0.39 is 0 Å². The highest BCUT2D eigenvalue weighted by Gasteiger charge is 2.25. The van der Waals surface area contributed by atoms with Gasteiger partial charge in [0, 0.05) is 51.2 Å². The van der Waals surface area contributed by atoms with Gasteiger partial charge in [0.15, 0.2) is 0 Å². The predicted molar refractivity (Wildman–Crippen MR) is 99.1 cm³/mol. The molecule has 0 saturated carbocycles. The largest absolute Gasteiger partial charge is 0.332 e. The third-order valence-corrected chi connectivity index (χ3v) is 5.14. The van der Waals surface area contributed by atoms with Gasteiger partial charge < -0.3 is 0 Å². The lowest BCUT2D eigenvalue weighted by Crippen LogP contribution is -2.37. The van der Waals surface area contributed by atoms with E-state index in [1.807, 2.05) is 18.3 Å². The fourth-order valence-electron chi connectivity index (χ4n) is 3.66. The van der Waals surface area contributed by atoms with Crippen molar-refractivity contribution in [1.82, 2.24) is 24.0 Å². The molecule has 3 aromatic heterocycles. The highest BCUT2D eigenvalue weighted by atomic mass is 16.2. The molecule has 0 aromatic carbocycles. The molecule has 3 aromatic rings. The molecule has 1 atom stereocenters. The first kappa shape index (κ1) is 16.7. The van der Waals surface area contributed by atoms with Crippen LogP contribution in [0.25, 0.3) is 11.0 Å². The van der Waals surface area contributed by atoms with Crippen LogP contribution >= 0.6 is 0 Å². The third kappa shape index (κ3) is 2.84. The Hall–Kier alpha value is -2.80. The van der Waals surface area contributed by atoms with E-state index in [0.717, 1.165) is 36.3 Å². The lowest BCUT2D eigenvalue weighted by Gasteiger charge is -2.16. The maximum absolute atomic E-state index is 12.3. The van der Waals surface area contributed by atoms with E-state index in [0.29, 0.717) is 17.0 Å². The zero-order chi connectivity index (χ0) is 18.3. The van der Waals surface area contributed by atoms with Crippen LogP contribution in [0.3, 0.4) is 0 Å². The molecule has 134 valence electrons. The molecule has 4 heterocycles. The summed E-state index contributed by atoms with van der Waals surface area (Å²) in [6.07, 6.45) is 4.69. The van der Waals surface area contributed by atoms with E-state index in [1.54, 1.807) is 19.3 Å². The average molecular weight is 351 g/mol. The molecule has 0 N–H and O–H groups in total. The monoisotopic (exact) mass is 351 g/mol. The van der Waals surface area contributed by atoms with Crippen LogP contribution in [-0.2, 0) is 20.6 Å². The number of rotatable bonds is 3. The highest BCUT2D eigenvalue weighted by molar-refractivity contribution is 5.74. The van der Waals surface area contributed by atoms with Crippen molar-refractivity contribution in [2.24, 2.45) is 14.1 Å². The summed E-state index contributed by atoms with van der Waals surface area (Å²) >= 11 is 0. The summed E-state index contributed by atoms with van der Waals surface area (Å²) in [7, 11) is 3.15. The van der Waals surface area contributed by atoms with Gasteiger partial charge in [-0.15, -0.1) is 0 Å². The van der Waals surface area contributed by atoms with Crippen LogP contribution in [0.4, 0.5) is 0 Å². The van der Waals surface area contributed by atoms with Crippen molar-refractivity contribution in [3.63, 3.8) is 0 Å². The second kappa shape index (κ2) is 6.49. The van der Waals surface area contributed by atoms with Crippen molar-refractivity contribution >= 4 is 11.0 Å². The summed E-state index contributed by atoms with van der Waals surface area (Å²) in [6.45, 7) is 2.78. The summed E-state index contributed by atoms with van der Waals surface area (Å²) in [4.78, 5) is 35.7. The van der Waals surface area contributed by atoms with Crippen LogP contribution in [0.1, 0.15) is 23.6 Å². The quantitative estimate of drug-likeness (QED) is 0.704. The average Bonchev–Trinajstić information content (AvgIpc) is 3.13. The van der Waals surface area contributed by atoms with Gasteiger partial charge >= 0.3 is 5.69 Å². The van der Waals surface area contributed by atoms with Crippen molar-refractivity contribution in [3.05, 3.63) is 68.8 Å². The molecule has 4 rings (SSSR count). The van der Waals surface area contributed by atoms with Crippen molar-refractivity contribution in [2.75, 3.05) is 13.1 Å². The Bertz CT molecular complexity index is 1070. The van der Waals surface area contributed by atoms with E-state index in [1.165, 1.54) is 17.2 Å². The number of aromatic nitrogens is 4. The molecule has 0 spiro atoms. The SMILES string of the molecule is Cn1c(=O)c2ccc([C@H]3CCN(Cc4cccnc4)C3)nc2n(C)c1=O. The van der Waals surface area contributed by atoms with Crippen molar-refractivity contribution in [3.8, 4) is 0 Å². The smallest absolute Gasteiger partial charge is 0.298 e. The minimum absolute atomic E-state index is 0.299. The first-order valence-corrected chi connectivity index (χ1v) is 8.72. The molecular formula is C19H21N5O2. The molecule has 26 heavy (non-hydrogen) atoms. The summed E-state index contributed by atoms with van der Waals surface area (Å²) in [6, 6.07) is 7.75. The van der Waals surface area contributed by atoms with Gasteiger partial charge in [-0.05, 0) is 36.7 Å². The standard InChI is InChI=1S/C19H21N5O2/c1-22-17-15(18(25)23(2)19(22)26)5-6-16(21-17)14-7-9-24(12-14)11-13-4-3-8-20-10-13/h3-6,8,10,14H,7,9,11-12H2,1-2H3/t14-/m0/s1. The van der Waals surface area contributed by atoms with E-state index in [4.69, 9.17) is 0 Å². The summed E-state index contributed by atoms with van der Waals surface area (Å²) in [5, 5.41) is 0.476. The van der Waals surface area contributed by atoms with E-state index in [2.05, 4.69) is 20.9 Å². The Balaban J connectivity index is 1.62. The maximum atomic E-state index is 12.3. The minimum atomic E-state index is -0.350. The molecule has 0 radical (unpaired) electrons. The van der Waals surface area contributed by atoms with Crippen molar-refractivity contribution in [1.29, 1.82) is 0 Å². The Morgan fingerprint density at radius 1 is 1.15 bits per heavy atom. The van der Waals surface area contributed by atoms with Gasteiger partial charge in [0.1, 0.15) is 5.65 Å². The van der Waals surface area contributed by atoms with Crippen molar-refractivity contribution in [2.45, 2.75) is 18.9 Å². The fourth-order valence-corrected chi connectivity index (χ4v) is 3.66. The first-order valence-electron chi connectivity index (χ1n) is 8.72. The molecule has 1 fully saturated rings. The van der Waals surface area contributed by atoms with E-state index in [9.17, 15) is 9.59 Å². The number of hydrogen-bond donors (Lipinski definition) is 0. The predicted octanol–water partition coefficient (Wildman–Crippen LogP) is 1.02. The van der Waals surface area contributed by atoms with Gasteiger partial charge in [0.25, 0.3) is 5.56 Å². The van der Waals surface area contributed by atoms with Gasteiger partial charge in [-0.2, -0.15) is 0 Å². The van der Waals surface area contributed by atoms with E-state index >= 15 is 0 Å². The lowest BCUT2D eigenvalue weighted by atomic mass is 10.0. The first-order chi connectivity index (χ1) is 12.5. The Kier molecular flexibility index (Phi) is 4.16. The van der Waals surface area contributed by atoms with Crippen LogP contribution in [0, 0.1) is 0 Å². The minimum Gasteiger partial charge on any atom is -0.298 e. The number of hydrogen-bond acceptors (Lipinski definition) is 5. The molecule has 1 aliphatic heterocycles. The zero-order valence-electron chi connectivity index (χ0n) is 14.9. The fraction of sp³-hybridized carbons (Fsp3) is 0.368. The highest BCUT2D eigenvalue weighted by Crippen LogP contribution is 2.27. The topological polar surface area (TPSA) is 73.0 Å². The van der Waals surface area contributed by atoms with Crippen LogP contribution in [0.15, 0.2) is 46.2 Å². The Labute approximate surface area is 150 Å². The molecule has 7 heteroatoms. The van der Waals surface area contributed by atoms with Crippen LogP contribution < -0.4 is 11.2 Å². The van der Waals surface area contributed by atoms with Crippen LogP contribution in [0.2, 0.25) is 0 Å². The molecule has 0 unspecified atom stereocenters. The molecule has 7 nitrogen and oxygen atoms in total. The van der Waals surface area contributed by atoms with Crippen molar-refractivity contribution < 1.29 is 0 Å². The number of aryl methyl sites for hydroxylation is 1. The van der Waals surface area contributed by atoms with Gasteiger partial charge in [-0.1, -0.05) is 6.07 Å². The second-order valence-corrected chi connectivity index (χ2v) is 6.90. The number of pyridine rings is 2. The van der Waals surface area contributed by atoms with E-state index in [-0.39, 0.29) is 11.2 Å². The second-order valence-electron chi connectivity index (χ2n) is 6.90. The van der Waals surface area contributed by atoms with Gasteiger partial charge in [0.2, 0.25) is 0 Å². The van der Waals surface area contributed by atoms with Crippen LogP contribution in [-0.4, -0.2) is 37.1 Å². The molecule has 0 amide bonds. The molecular weight excluding hydrogens is 330 g/mol. The Morgan fingerprint density at radius 2 is 2.00 bits per heavy atom. The van der Waals surface area contributed by atoms with Gasteiger partial charge in [0.05, 0.1) is 5.39 Å². The molecule has 0 bridgehead atoms. The molecule has 1 saturated heterocycles. The lowest BCUT2D eigenvalue weighted by molar-refractivity contribution is 0.326. The molecule has 1 aliphatic rings. The summed E-state index contributed by atoms with van der Waals surface area (Å²) in [5.41, 5.74) is 1.95.